The first kappa shape index (κ1) is 13.6. The van der Waals surface area contributed by atoms with Crippen molar-refractivity contribution in [1.82, 2.24) is 19.6 Å². The summed E-state index contributed by atoms with van der Waals surface area (Å²) in [7, 11) is 0. The van der Waals surface area contributed by atoms with Crippen molar-refractivity contribution in [2.75, 3.05) is 13.1 Å². The predicted octanol–water partition coefficient (Wildman–Crippen LogP) is 0.0277. The maximum Gasteiger partial charge on any atom is 0.322 e. The highest BCUT2D eigenvalue weighted by atomic mass is 16.4. The average Bonchev–Trinajstić information content (AvgIpc) is 2.79. The molecule has 1 atom stereocenters. The summed E-state index contributed by atoms with van der Waals surface area (Å²) in [5, 5.41) is 11.8. The van der Waals surface area contributed by atoms with Crippen LogP contribution in [0.3, 0.4) is 0 Å². The molecule has 21 heavy (non-hydrogen) atoms. The van der Waals surface area contributed by atoms with Gasteiger partial charge in [0.25, 0.3) is 0 Å². The zero-order valence-corrected chi connectivity index (χ0v) is 11.6. The number of piperazine rings is 1. The van der Waals surface area contributed by atoms with Crippen molar-refractivity contribution >= 4 is 17.5 Å². The third-order valence-electron chi connectivity index (χ3n) is 3.58. The summed E-state index contributed by atoms with van der Waals surface area (Å²) in [6.45, 7) is 2.53. The van der Waals surface area contributed by atoms with Crippen LogP contribution in [0.5, 0.6) is 0 Å². The van der Waals surface area contributed by atoms with Gasteiger partial charge in [0.1, 0.15) is 11.7 Å². The van der Waals surface area contributed by atoms with Crippen LogP contribution < -0.4 is 5.32 Å². The summed E-state index contributed by atoms with van der Waals surface area (Å²) in [4.78, 5) is 28.8. The van der Waals surface area contributed by atoms with Gasteiger partial charge in [0.15, 0.2) is 0 Å². The second kappa shape index (κ2) is 5.17. The molecule has 2 aromatic rings. The normalized spacial score (nSPS) is 19.7. The topological polar surface area (TPSA) is 86.9 Å². The molecule has 1 saturated heterocycles. The zero-order chi connectivity index (χ0) is 15.0. The van der Waals surface area contributed by atoms with Crippen LogP contribution >= 0.6 is 0 Å². The van der Waals surface area contributed by atoms with E-state index in [1.54, 1.807) is 4.90 Å². The van der Waals surface area contributed by atoms with Crippen LogP contribution in [0, 0.1) is 6.92 Å². The Morgan fingerprint density at radius 1 is 1.48 bits per heavy atom. The summed E-state index contributed by atoms with van der Waals surface area (Å²) in [5.41, 5.74) is 2.68. The number of imidazole rings is 1. The molecule has 0 radical (unpaired) electrons. The molecule has 2 aromatic heterocycles. The van der Waals surface area contributed by atoms with Crippen molar-refractivity contribution in [3.63, 3.8) is 0 Å². The lowest BCUT2D eigenvalue weighted by Crippen LogP contribution is -2.56. The number of nitrogens with zero attached hydrogens (tertiary/aromatic N) is 3. The van der Waals surface area contributed by atoms with Crippen LogP contribution in [0.1, 0.15) is 11.3 Å². The average molecular weight is 288 g/mol. The molecule has 3 heterocycles. The number of aliphatic carboxylic acids is 1. The highest BCUT2D eigenvalue weighted by Gasteiger charge is 2.32. The summed E-state index contributed by atoms with van der Waals surface area (Å²) < 4.78 is 1.91. The molecule has 1 unspecified atom stereocenters. The van der Waals surface area contributed by atoms with E-state index < -0.39 is 12.0 Å². The molecule has 7 heteroatoms. The minimum Gasteiger partial charge on any atom is -0.480 e. The van der Waals surface area contributed by atoms with Gasteiger partial charge in [0, 0.05) is 25.5 Å². The van der Waals surface area contributed by atoms with E-state index in [1.807, 2.05) is 35.9 Å². The van der Waals surface area contributed by atoms with Crippen LogP contribution in [0.25, 0.3) is 5.65 Å². The number of hydrogen-bond donors (Lipinski definition) is 2. The highest BCUT2D eigenvalue weighted by molar-refractivity contribution is 5.83. The molecule has 0 spiro atoms. The van der Waals surface area contributed by atoms with E-state index >= 15 is 0 Å². The number of carbonyl (C=O) groups excluding carboxylic acids is 1. The number of rotatable bonds is 3. The van der Waals surface area contributed by atoms with Crippen LogP contribution in [0.2, 0.25) is 0 Å². The van der Waals surface area contributed by atoms with Gasteiger partial charge >= 0.3 is 5.97 Å². The van der Waals surface area contributed by atoms with Crippen molar-refractivity contribution in [3.8, 4) is 0 Å². The maximum absolute atomic E-state index is 11.5. The fourth-order valence-electron chi connectivity index (χ4n) is 2.54. The molecular weight excluding hydrogens is 272 g/mol. The van der Waals surface area contributed by atoms with Crippen molar-refractivity contribution in [1.29, 1.82) is 0 Å². The molecule has 0 saturated carbocycles. The standard InChI is InChI=1S/C14H16N4O3/c1-9-2-3-12-16-10(7-18(12)5-9)6-17-8-13(19)15-4-11(17)14(20)21/h2-3,5,7,11H,4,6,8H2,1H3,(H,15,19)(H,20,21). The van der Waals surface area contributed by atoms with E-state index in [0.717, 1.165) is 16.9 Å². The molecule has 1 fully saturated rings. The smallest absolute Gasteiger partial charge is 0.322 e. The molecular formula is C14H16N4O3. The summed E-state index contributed by atoms with van der Waals surface area (Å²) in [6, 6.07) is 3.17. The van der Waals surface area contributed by atoms with Gasteiger partial charge < -0.3 is 14.8 Å². The maximum atomic E-state index is 11.5. The number of nitrogens with one attached hydrogen (secondary N) is 1. The largest absolute Gasteiger partial charge is 0.480 e. The van der Waals surface area contributed by atoms with Crippen LogP contribution in [-0.4, -0.2) is 50.4 Å². The molecule has 3 rings (SSSR count). The van der Waals surface area contributed by atoms with E-state index in [4.69, 9.17) is 0 Å². The number of fused-ring (bicyclic) bond motifs is 1. The van der Waals surface area contributed by atoms with Crippen molar-refractivity contribution < 1.29 is 14.7 Å². The Balaban J connectivity index is 1.85. The van der Waals surface area contributed by atoms with Crippen LogP contribution in [-0.2, 0) is 16.1 Å². The molecule has 1 aliphatic rings. The van der Waals surface area contributed by atoms with E-state index in [0.29, 0.717) is 6.54 Å². The number of carboxylic acid groups (broad SMARTS) is 1. The van der Waals surface area contributed by atoms with Gasteiger partial charge in [0.05, 0.1) is 12.2 Å². The Hall–Kier alpha value is -2.41. The van der Waals surface area contributed by atoms with Crippen LogP contribution in [0.15, 0.2) is 24.5 Å². The molecule has 2 N–H and O–H groups in total. The number of aryl methyl sites for hydroxylation is 1. The number of hydrogen-bond acceptors (Lipinski definition) is 4. The van der Waals surface area contributed by atoms with Gasteiger partial charge in [-0.1, -0.05) is 6.07 Å². The fraction of sp³-hybridized carbons (Fsp3) is 0.357. The van der Waals surface area contributed by atoms with Crippen molar-refractivity contribution in [2.45, 2.75) is 19.5 Å². The number of aromatic nitrogens is 2. The Morgan fingerprint density at radius 3 is 3.05 bits per heavy atom. The SMILES string of the molecule is Cc1ccc2nc(CN3CC(=O)NCC3C(=O)O)cn2c1. The Bertz CT molecular complexity index is 709. The Morgan fingerprint density at radius 2 is 2.29 bits per heavy atom. The molecule has 1 aliphatic heterocycles. The van der Waals surface area contributed by atoms with E-state index in [9.17, 15) is 14.7 Å². The molecule has 0 bridgehead atoms. The van der Waals surface area contributed by atoms with Crippen LogP contribution in [0.4, 0.5) is 0 Å². The van der Waals surface area contributed by atoms with Crippen molar-refractivity contribution in [3.05, 3.63) is 35.8 Å². The Labute approximate surface area is 121 Å². The van der Waals surface area contributed by atoms with Gasteiger partial charge in [-0.2, -0.15) is 0 Å². The van der Waals surface area contributed by atoms with E-state index in [2.05, 4.69) is 10.3 Å². The van der Waals surface area contributed by atoms with E-state index in [1.165, 1.54) is 0 Å². The summed E-state index contributed by atoms with van der Waals surface area (Å²) in [5.74, 6) is -1.10. The lowest BCUT2D eigenvalue weighted by atomic mass is 10.2. The van der Waals surface area contributed by atoms with E-state index in [-0.39, 0.29) is 19.0 Å². The number of carbonyl (C=O) groups is 2. The molecule has 1 amide bonds. The predicted molar refractivity (Wildman–Crippen MR) is 74.8 cm³/mol. The minimum atomic E-state index is -0.936. The first-order valence-electron chi connectivity index (χ1n) is 6.71. The van der Waals surface area contributed by atoms with Gasteiger partial charge in [-0.15, -0.1) is 0 Å². The Kier molecular flexibility index (Phi) is 3.34. The second-order valence-electron chi connectivity index (χ2n) is 5.27. The summed E-state index contributed by atoms with van der Waals surface area (Å²) >= 11 is 0. The first-order chi connectivity index (χ1) is 10.0. The quantitative estimate of drug-likeness (QED) is 0.832. The van der Waals surface area contributed by atoms with Gasteiger partial charge in [-0.25, -0.2) is 4.98 Å². The summed E-state index contributed by atoms with van der Waals surface area (Å²) in [6.07, 6.45) is 3.83. The zero-order valence-electron chi connectivity index (χ0n) is 11.6. The lowest BCUT2D eigenvalue weighted by molar-refractivity contribution is -0.146. The molecule has 0 aromatic carbocycles. The third-order valence-corrected chi connectivity index (χ3v) is 3.58. The van der Waals surface area contributed by atoms with Gasteiger partial charge in [-0.3, -0.25) is 14.5 Å². The highest BCUT2D eigenvalue weighted by Crippen LogP contribution is 2.13. The second-order valence-corrected chi connectivity index (χ2v) is 5.27. The van der Waals surface area contributed by atoms with Gasteiger partial charge in [-0.05, 0) is 18.6 Å². The molecule has 0 aliphatic carbocycles. The third kappa shape index (κ3) is 2.73. The molecule has 110 valence electrons. The van der Waals surface area contributed by atoms with Gasteiger partial charge in [0.2, 0.25) is 5.91 Å². The lowest BCUT2D eigenvalue weighted by Gasteiger charge is -2.31. The molecule has 7 nitrogen and oxygen atoms in total. The number of amides is 1. The van der Waals surface area contributed by atoms with Crippen molar-refractivity contribution in [2.24, 2.45) is 0 Å². The monoisotopic (exact) mass is 288 g/mol. The minimum absolute atomic E-state index is 0.0733. The fourth-order valence-corrected chi connectivity index (χ4v) is 2.54. The number of carboxylic acids is 1. The first-order valence-corrected chi connectivity index (χ1v) is 6.71. The number of pyridine rings is 1.